The molecule has 1 amide bonds. The van der Waals surface area contributed by atoms with Crippen molar-refractivity contribution in [3.8, 4) is 0 Å². The first-order valence-electron chi connectivity index (χ1n) is 7.00. The number of nitrogens with zero attached hydrogens (tertiary/aromatic N) is 1. The number of rotatable bonds is 4. The zero-order valence-corrected chi connectivity index (χ0v) is 11.7. The maximum absolute atomic E-state index is 12.0. The fourth-order valence-electron chi connectivity index (χ4n) is 2.60. The van der Waals surface area contributed by atoms with Crippen LogP contribution in [0.5, 0.6) is 0 Å². The third-order valence-corrected chi connectivity index (χ3v) is 3.67. The van der Waals surface area contributed by atoms with Gasteiger partial charge in [-0.05, 0) is 17.5 Å². The molecule has 1 aliphatic heterocycles. The van der Waals surface area contributed by atoms with Gasteiger partial charge in [-0.3, -0.25) is 4.90 Å². The normalized spacial score (nSPS) is 17.6. The molecule has 1 heterocycles. The Labute approximate surface area is 124 Å². The molecular weight excluding hydrogens is 262 g/mol. The summed E-state index contributed by atoms with van der Waals surface area (Å²) < 4.78 is 5.22. The summed E-state index contributed by atoms with van der Waals surface area (Å²) in [5.41, 5.74) is 2.82. The first-order chi connectivity index (χ1) is 10.3. The van der Waals surface area contributed by atoms with Crippen LogP contribution in [0.1, 0.15) is 11.1 Å². The smallest absolute Gasteiger partial charge is 0.414 e. The third kappa shape index (κ3) is 2.82. The second kappa shape index (κ2) is 5.83. The second-order valence-corrected chi connectivity index (χ2v) is 5.10. The Morgan fingerprint density at radius 3 is 2.38 bits per heavy atom. The van der Waals surface area contributed by atoms with Crippen LogP contribution >= 0.6 is 0 Å². The van der Waals surface area contributed by atoms with Crippen LogP contribution in [0.15, 0.2) is 67.2 Å². The summed E-state index contributed by atoms with van der Waals surface area (Å²) in [4.78, 5) is 13.7. The maximum atomic E-state index is 12.0. The predicted molar refractivity (Wildman–Crippen MR) is 82.6 cm³/mol. The monoisotopic (exact) mass is 279 g/mol. The highest BCUT2D eigenvalue weighted by atomic mass is 16.6. The highest BCUT2D eigenvalue weighted by molar-refractivity contribution is 5.83. The molecule has 0 spiro atoms. The lowest BCUT2D eigenvalue weighted by molar-refractivity contribution is 0.167. The number of hydrogen-bond donors (Lipinski definition) is 0. The summed E-state index contributed by atoms with van der Waals surface area (Å²) in [5, 5.41) is 0. The molecule has 1 saturated heterocycles. The van der Waals surface area contributed by atoms with E-state index in [2.05, 4.69) is 18.7 Å². The SMILES string of the molecule is C=C(c1ccccc1)N1C(=O)OC[C@@H]1Cc1ccccc1. The van der Waals surface area contributed by atoms with Crippen molar-refractivity contribution in [3.63, 3.8) is 0 Å². The van der Waals surface area contributed by atoms with E-state index < -0.39 is 0 Å². The van der Waals surface area contributed by atoms with Crippen LogP contribution in [0.3, 0.4) is 0 Å². The van der Waals surface area contributed by atoms with Crippen LogP contribution in [-0.2, 0) is 11.2 Å². The minimum absolute atomic E-state index is 0.00685. The van der Waals surface area contributed by atoms with Gasteiger partial charge >= 0.3 is 6.09 Å². The molecule has 0 bridgehead atoms. The van der Waals surface area contributed by atoms with Crippen molar-refractivity contribution >= 4 is 11.8 Å². The number of hydrogen-bond acceptors (Lipinski definition) is 2. The molecule has 3 nitrogen and oxygen atoms in total. The van der Waals surface area contributed by atoms with Crippen molar-refractivity contribution in [3.05, 3.63) is 78.4 Å². The average molecular weight is 279 g/mol. The molecule has 106 valence electrons. The zero-order valence-electron chi connectivity index (χ0n) is 11.7. The van der Waals surface area contributed by atoms with Crippen molar-refractivity contribution < 1.29 is 9.53 Å². The molecule has 0 radical (unpaired) electrons. The Morgan fingerprint density at radius 2 is 1.71 bits per heavy atom. The Kier molecular flexibility index (Phi) is 3.73. The molecule has 1 aliphatic rings. The van der Waals surface area contributed by atoms with Crippen molar-refractivity contribution in [1.29, 1.82) is 0 Å². The van der Waals surface area contributed by atoms with Gasteiger partial charge in [-0.2, -0.15) is 0 Å². The van der Waals surface area contributed by atoms with E-state index in [1.807, 2.05) is 48.5 Å². The minimum atomic E-state index is -0.315. The number of ether oxygens (including phenoxy) is 1. The molecule has 21 heavy (non-hydrogen) atoms. The lowest BCUT2D eigenvalue weighted by Gasteiger charge is -2.23. The van der Waals surface area contributed by atoms with Crippen LogP contribution < -0.4 is 0 Å². The molecule has 3 rings (SSSR count). The van der Waals surface area contributed by atoms with E-state index in [1.165, 1.54) is 5.56 Å². The fraction of sp³-hybridized carbons (Fsp3) is 0.167. The number of carbonyl (C=O) groups excluding carboxylic acids is 1. The van der Waals surface area contributed by atoms with Gasteiger partial charge in [-0.25, -0.2) is 4.79 Å². The first-order valence-corrected chi connectivity index (χ1v) is 7.00. The average Bonchev–Trinajstić information content (AvgIpc) is 2.89. The van der Waals surface area contributed by atoms with Crippen molar-refractivity contribution in [1.82, 2.24) is 4.90 Å². The van der Waals surface area contributed by atoms with Gasteiger partial charge in [0, 0.05) is 5.70 Å². The summed E-state index contributed by atoms with van der Waals surface area (Å²) in [6, 6.07) is 19.8. The molecule has 0 N–H and O–H groups in total. The Bertz CT molecular complexity index is 637. The van der Waals surface area contributed by atoms with Crippen LogP contribution in [0.4, 0.5) is 4.79 Å². The molecule has 1 atom stereocenters. The van der Waals surface area contributed by atoms with Gasteiger partial charge in [0.1, 0.15) is 6.61 Å². The summed E-state index contributed by atoms with van der Waals surface area (Å²) in [6.45, 7) is 4.48. The van der Waals surface area contributed by atoms with E-state index in [4.69, 9.17) is 4.74 Å². The lowest BCUT2D eigenvalue weighted by Crippen LogP contribution is -2.33. The molecule has 2 aromatic rings. The molecule has 0 unspecified atom stereocenters. The van der Waals surface area contributed by atoms with E-state index in [9.17, 15) is 4.79 Å². The van der Waals surface area contributed by atoms with E-state index in [0.717, 1.165) is 12.0 Å². The van der Waals surface area contributed by atoms with Crippen molar-refractivity contribution in [2.45, 2.75) is 12.5 Å². The Hall–Kier alpha value is -2.55. The highest BCUT2D eigenvalue weighted by Gasteiger charge is 2.35. The largest absolute Gasteiger partial charge is 0.447 e. The van der Waals surface area contributed by atoms with Gasteiger partial charge in [0.15, 0.2) is 0 Å². The lowest BCUT2D eigenvalue weighted by atomic mass is 10.0. The van der Waals surface area contributed by atoms with Gasteiger partial charge in [0.05, 0.1) is 6.04 Å². The van der Waals surface area contributed by atoms with Crippen molar-refractivity contribution in [2.75, 3.05) is 6.61 Å². The second-order valence-electron chi connectivity index (χ2n) is 5.10. The quantitative estimate of drug-likeness (QED) is 0.853. The highest BCUT2D eigenvalue weighted by Crippen LogP contribution is 2.27. The van der Waals surface area contributed by atoms with Gasteiger partial charge < -0.3 is 4.74 Å². The minimum Gasteiger partial charge on any atom is -0.447 e. The predicted octanol–water partition coefficient (Wildman–Crippen LogP) is 3.72. The van der Waals surface area contributed by atoms with Crippen molar-refractivity contribution in [2.24, 2.45) is 0 Å². The van der Waals surface area contributed by atoms with Gasteiger partial charge in [0.25, 0.3) is 0 Å². The molecule has 0 aliphatic carbocycles. The number of benzene rings is 2. The Balaban J connectivity index is 1.81. The molecule has 1 fully saturated rings. The fourth-order valence-corrected chi connectivity index (χ4v) is 2.60. The first kappa shape index (κ1) is 13.4. The molecular formula is C18H17NO2. The van der Waals surface area contributed by atoms with Gasteiger partial charge in [-0.1, -0.05) is 67.2 Å². The summed E-state index contributed by atoms with van der Waals surface area (Å²) in [6.07, 6.45) is 0.447. The molecule has 2 aromatic carbocycles. The number of carbonyl (C=O) groups is 1. The number of cyclic esters (lactones) is 1. The topological polar surface area (TPSA) is 29.5 Å². The van der Waals surface area contributed by atoms with Crippen LogP contribution in [0, 0.1) is 0 Å². The van der Waals surface area contributed by atoms with Crippen LogP contribution in [0.2, 0.25) is 0 Å². The van der Waals surface area contributed by atoms with Gasteiger partial charge in [0.2, 0.25) is 0 Å². The van der Waals surface area contributed by atoms with Gasteiger partial charge in [-0.15, -0.1) is 0 Å². The molecule has 3 heteroatoms. The van der Waals surface area contributed by atoms with E-state index in [0.29, 0.717) is 12.3 Å². The summed E-state index contributed by atoms with van der Waals surface area (Å²) >= 11 is 0. The Morgan fingerprint density at radius 1 is 1.10 bits per heavy atom. The van der Waals surface area contributed by atoms with Crippen LogP contribution in [-0.4, -0.2) is 23.6 Å². The summed E-state index contributed by atoms with van der Waals surface area (Å²) in [5.74, 6) is 0. The van der Waals surface area contributed by atoms with E-state index in [-0.39, 0.29) is 12.1 Å². The van der Waals surface area contributed by atoms with E-state index >= 15 is 0 Å². The maximum Gasteiger partial charge on any atom is 0.414 e. The zero-order chi connectivity index (χ0) is 14.7. The molecule has 0 aromatic heterocycles. The van der Waals surface area contributed by atoms with Crippen LogP contribution in [0.25, 0.3) is 5.70 Å². The molecule has 0 saturated carbocycles. The van der Waals surface area contributed by atoms with E-state index in [1.54, 1.807) is 4.90 Å². The summed E-state index contributed by atoms with van der Waals surface area (Å²) in [7, 11) is 0. The third-order valence-electron chi connectivity index (χ3n) is 3.67. The number of amides is 1. The standard InChI is InChI=1S/C18H17NO2/c1-14(16-10-6-3-7-11-16)19-17(13-21-18(19)20)12-15-8-4-2-5-9-15/h2-11,17H,1,12-13H2/t17-/m0/s1.